The lowest BCUT2D eigenvalue weighted by Gasteiger charge is -2.29. The zero-order valence-electron chi connectivity index (χ0n) is 14.4. The highest BCUT2D eigenvalue weighted by molar-refractivity contribution is 5.87. The fourth-order valence-electron chi connectivity index (χ4n) is 3.54. The molecule has 0 spiro atoms. The molecule has 7 heteroatoms. The number of nitrogens with zero attached hydrogens (tertiary/aromatic N) is 5. The van der Waals surface area contributed by atoms with E-state index in [1.54, 1.807) is 11.8 Å². The van der Waals surface area contributed by atoms with Crippen molar-refractivity contribution < 1.29 is 9.59 Å². The van der Waals surface area contributed by atoms with Gasteiger partial charge in [0.25, 0.3) is 0 Å². The molecule has 2 aliphatic heterocycles. The smallest absolute Gasteiger partial charge is 0.245 e. The summed E-state index contributed by atoms with van der Waals surface area (Å²) in [5.74, 6) is 0.956. The van der Waals surface area contributed by atoms with Crippen molar-refractivity contribution in [3.63, 3.8) is 0 Å². The summed E-state index contributed by atoms with van der Waals surface area (Å²) in [6.45, 7) is 7.17. The van der Waals surface area contributed by atoms with Crippen LogP contribution in [0.3, 0.4) is 0 Å². The first-order valence-electron chi connectivity index (χ1n) is 8.67. The Morgan fingerprint density at radius 3 is 2.58 bits per heavy atom. The lowest BCUT2D eigenvalue weighted by molar-refractivity contribution is -0.142. The largest absolute Gasteiger partial charge is 0.353 e. The maximum absolute atomic E-state index is 12.8. The van der Waals surface area contributed by atoms with Crippen LogP contribution in [0.25, 0.3) is 0 Å². The quantitative estimate of drug-likeness (QED) is 0.803. The van der Waals surface area contributed by atoms with Crippen LogP contribution in [0.15, 0.2) is 12.1 Å². The van der Waals surface area contributed by atoms with Crippen LogP contribution in [0.4, 0.5) is 5.82 Å². The summed E-state index contributed by atoms with van der Waals surface area (Å²) in [5.41, 5.74) is 0.899. The van der Waals surface area contributed by atoms with Gasteiger partial charge in [-0.05, 0) is 38.3 Å². The maximum Gasteiger partial charge on any atom is 0.245 e. The molecule has 0 aliphatic carbocycles. The van der Waals surface area contributed by atoms with Crippen molar-refractivity contribution in [3.8, 4) is 0 Å². The molecule has 3 heterocycles. The number of carbonyl (C=O) groups is 2. The van der Waals surface area contributed by atoms with Crippen LogP contribution >= 0.6 is 0 Å². The van der Waals surface area contributed by atoms with E-state index in [1.807, 2.05) is 24.0 Å². The predicted molar refractivity (Wildman–Crippen MR) is 90.6 cm³/mol. The van der Waals surface area contributed by atoms with Gasteiger partial charge in [-0.15, -0.1) is 5.10 Å². The molecule has 1 atom stereocenters. The maximum atomic E-state index is 12.8. The van der Waals surface area contributed by atoms with Crippen molar-refractivity contribution in [3.05, 3.63) is 17.8 Å². The van der Waals surface area contributed by atoms with Gasteiger partial charge >= 0.3 is 0 Å². The molecule has 0 bridgehead atoms. The van der Waals surface area contributed by atoms with Crippen LogP contribution in [0.1, 0.15) is 31.9 Å². The van der Waals surface area contributed by atoms with Gasteiger partial charge in [0.2, 0.25) is 11.8 Å². The van der Waals surface area contributed by atoms with Crippen molar-refractivity contribution >= 4 is 17.6 Å². The summed E-state index contributed by atoms with van der Waals surface area (Å²) in [6, 6.07) is 3.67. The fourth-order valence-corrected chi connectivity index (χ4v) is 3.54. The highest BCUT2D eigenvalue weighted by Gasteiger charge is 2.35. The summed E-state index contributed by atoms with van der Waals surface area (Å²) in [6.07, 6.45) is 2.59. The monoisotopic (exact) mass is 331 g/mol. The Morgan fingerprint density at radius 1 is 1.04 bits per heavy atom. The summed E-state index contributed by atoms with van der Waals surface area (Å²) < 4.78 is 0. The summed E-state index contributed by atoms with van der Waals surface area (Å²) in [4.78, 5) is 30.4. The molecule has 2 fully saturated rings. The number of hydrogen-bond donors (Lipinski definition) is 0. The Morgan fingerprint density at radius 2 is 1.88 bits per heavy atom. The molecule has 130 valence electrons. The highest BCUT2D eigenvalue weighted by Crippen LogP contribution is 2.21. The minimum Gasteiger partial charge on any atom is -0.353 e. The van der Waals surface area contributed by atoms with Crippen LogP contribution in [0.5, 0.6) is 0 Å². The third-order valence-electron chi connectivity index (χ3n) is 4.86. The predicted octanol–water partition coefficient (Wildman–Crippen LogP) is 0.835. The zero-order valence-corrected chi connectivity index (χ0v) is 14.4. The van der Waals surface area contributed by atoms with E-state index < -0.39 is 0 Å². The first-order chi connectivity index (χ1) is 11.6. The SMILES string of the molecule is CC(=O)N1CCCC1C(=O)N1CCCN(c2ccc(C)nn2)CC1. The van der Waals surface area contributed by atoms with Crippen LogP contribution in [0, 0.1) is 6.92 Å². The first kappa shape index (κ1) is 16.7. The Balaban J connectivity index is 1.63. The number of aryl methyl sites for hydroxylation is 1. The number of anilines is 1. The molecule has 2 aliphatic rings. The van der Waals surface area contributed by atoms with Crippen LogP contribution in [-0.4, -0.2) is 70.6 Å². The minimum absolute atomic E-state index is 0.00257. The van der Waals surface area contributed by atoms with E-state index in [-0.39, 0.29) is 17.9 Å². The topological polar surface area (TPSA) is 69.6 Å². The van der Waals surface area contributed by atoms with Gasteiger partial charge < -0.3 is 14.7 Å². The van der Waals surface area contributed by atoms with Gasteiger partial charge in [0.1, 0.15) is 6.04 Å². The van der Waals surface area contributed by atoms with Crippen molar-refractivity contribution in [2.24, 2.45) is 0 Å². The third kappa shape index (κ3) is 3.49. The second-order valence-corrected chi connectivity index (χ2v) is 6.57. The molecule has 3 rings (SSSR count). The molecule has 24 heavy (non-hydrogen) atoms. The van der Waals surface area contributed by atoms with Crippen molar-refractivity contribution in [2.45, 2.75) is 39.2 Å². The van der Waals surface area contributed by atoms with Crippen molar-refractivity contribution in [1.29, 1.82) is 0 Å². The number of aromatic nitrogens is 2. The van der Waals surface area contributed by atoms with Gasteiger partial charge in [0.05, 0.1) is 5.69 Å². The molecule has 2 saturated heterocycles. The molecule has 2 amide bonds. The summed E-state index contributed by atoms with van der Waals surface area (Å²) >= 11 is 0. The normalized spacial score (nSPS) is 21.8. The zero-order chi connectivity index (χ0) is 17.1. The standard InChI is InChI=1S/C17H25N5O2/c1-13-6-7-16(19-18-13)20-8-4-9-21(12-11-20)17(24)15-5-3-10-22(15)14(2)23/h6-7,15H,3-5,8-12H2,1-2H3. The van der Waals surface area contributed by atoms with Gasteiger partial charge in [-0.2, -0.15) is 5.10 Å². The Bertz CT molecular complexity index is 604. The van der Waals surface area contributed by atoms with Crippen molar-refractivity contribution in [2.75, 3.05) is 37.6 Å². The molecule has 0 radical (unpaired) electrons. The number of rotatable bonds is 2. The highest BCUT2D eigenvalue weighted by atomic mass is 16.2. The second kappa shape index (κ2) is 7.15. The molecule has 0 saturated carbocycles. The van der Waals surface area contributed by atoms with E-state index in [9.17, 15) is 9.59 Å². The summed E-state index contributed by atoms with van der Waals surface area (Å²) in [5, 5.41) is 8.36. The average Bonchev–Trinajstić information content (AvgIpc) is 2.94. The average molecular weight is 331 g/mol. The van der Waals surface area contributed by atoms with E-state index in [4.69, 9.17) is 0 Å². The van der Waals surface area contributed by atoms with Crippen LogP contribution in [0.2, 0.25) is 0 Å². The molecule has 1 unspecified atom stereocenters. The number of hydrogen-bond acceptors (Lipinski definition) is 5. The lowest BCUT2D eigenvalue weighted by Crippen LogP contribution is -2.48. The molecule has 0 N–H and O–H groups in total. The molecular weight excluding hydrogens is 306 g/mol. The Kier molecular flexibility index (Phi) is 4.97. The van der Waals surface area contributed by atoms with Crippen LogP contribution < -0.4 is 4.90 Å². The molecule has 1 aromatic heterocycles. The Hall–Kier alpha value is -2.18. The lowest BCUT2D eigenvalue weighted by atomic mass is 10.2. The van der Waals surface area contributed by atoms with Crippen LogP contribution in [-0.2, 0) is 9.59 Å². The van der Waals surface area contributed by atoms with E-state index in [0.29, 0.717) is 13.1 Å². The van der Waals surface area contributed by atoms with E-state index in [1.165, 1.54) is 0 Å². The molecular formula is C17H25N5O2. The molecule has 1 aromatic rings. The summed E-state index contributed by atoms with van der Waals surface area (Å²) in [7, 11) is 0. The van der Waals surface area contributed by atoms with E-state index >= 15 is 0 Å². The first-order valence-corrected chi connectivity index (χ1v) is 8.67. The third-order valence-corrected chi connectivity index (χ3v) is 4.86. The number of likely N-dealkylation sites (tertiary alicyclic amines) is 1. The van der Waals surface area contributed by atoms with E-state index in [0.717, 1.165) is 50.4 Å². The second-order valence-electron chi connectivity index (χ2n) is 6.57. The van der Waals surface area contributed by atoms with Gasteiger partial charge in [0, 0.05) is 39.6 Å². The molecule has 0 aromatic carbocycles. The van der Waals surface area contributed by atoms with Gasteiger partial charge in [0.15, 0.2) is 5.82 Å². The van der Waals surface area contributed by atoms with Gasteiger partial charge in [-0.25, -0.2) is 0 Å². The van der Waals surface area contributed by atoms with E-state index in [2.05, 4.69) is 15.1 Å². The number of carbonyl (C=O) groups excluding carboxylic acids is 2. The fraction of sp³-hybridized carbons (Fsp3) is 0.647. The van der Waals surface area contributed by atoms with Crippen molar-refractivity contribution in [1.82, 2.24) is 20.0 Å². The minimum atomic E-state index is -0.270. The Labute approximate surface area is 142 Å². The number of amides is 2. The van der Waals surface area contributed by atoms with Gasteiger partial charge in [-0.3, -0.25) is 9.59 Å². The molecule has 7 nitrogen and oxygen atoms in total. The van der Waals surface area contributed by atoms with Gasteiger partial charge in [-0.1, -0.05) is 0 Å².